The molecular formula is C9H12. The van der Waals surface area contributed by atoms with Crippen LogP contribution in [0.25, 0.3) is 0 Å². The fourth-order valence-corrected chi connectivity index (χ4v) is 2.15. The third kappa shape index (κ3) is 0.611. The lowest BCUT2D eigenvalue weighted by molar-refractivity contribution is 0.415. The second-order valence-electron chi connectivity index (χ2n) is 3.45. The summed E-state index contributed by atoms with van der Waals surface area (Å²) < 4.78 is 0. The highest BCUT2D eigenvalue weighted by Crippen LogP contribution is 2.60. The molecule has 0 saturated heterocycles. The van der Waals surface area contributed by atoms with Gasteiger partial charge in [0, 0.05) is 5.41 Å². The summed E-state index contributed by atoms with van der Waals surface area (Å²) in [6.45, 7) is 0. The van der Waals surface area contributed by atoms with Crippen LogP contribution in [0.15, 0.2) is 0 Å². The molecule has 2 atom stereocenters. The van der Waals surface area contributed by atoms with Gasteiger partial charge >= 0.3 is 0 Å². The van der Waals surface area contributed by atoms with Gasteiger partial charge in [-0.1, -0.05) is 18.8 Å². The lowest BCUT2D eigenvalue weighted by atomic mass is 9.89. The van der Waals surface area contributed by atoms with Crippen molar-refractivity contribution in [3.8, 4) is 12.3 Å². The second kappa shape index (κ2) is 1.53. The number of terminal acetylenes is 1. The van der Waals surface area contributed by atoms with E-state index in [1.54, 1.807) is 0 Å². The monoisotopic (exact) mass is 120 g/mol. The summed E-state index contributed by atoms with van der Waals surface area (Å²) in [5, 5.41) is 0. The Kier molecular flexibility index (Phi) is 0.913. The highest BCUT2D eigenvalue weighted by atomic mass is 14.6. The Morgan fingerprint density at radius 1 is 1.44 bits per heavy atom. The Balaban J connectivity index is 2.11. The molecule has 0 bridgehead atoms. The fourth-order valence-electron chi connectivity index (χ4n) is 2.15. The van der Waals surface area contributed by atoms with Gasteiger partial charge in [0.15, 0.2) is 0 Å². The van der Waals surface area contributed by atoms with E-state index in [0.29, 0.717) is 5.41 Å². The van der Waals surface area contributed by atoms with Crippen LogP contribution in [0, 0.1) is 23.7 Å². The van der Waals surface area contributed by atoms with Crippen molar-refractivity contribution in [2.24, 2.45) is 11.3 Å². The van der Waals surface area contributed by atoms with Crippen molar-refractivity contribution in [2.45, 2.75) is 32.1 Å². The van der Waals surface area contributed by atoms with E-state index in [1.807, 2.05) is 0 Å². The highest BCUT2D eigenvalue weighted by molar-refractivity contribution is 5.20. The van der Waals surface area contributed by atoms with Crippen LogP contribution >= 0.6 is 0 Å². The standard InChI is InChI=1S/C9H12/c1-2-9-6-4-3-5-8(9)7-9/h1,8H,3-7H2/t8-,9+/m0/s1. The van der Waals surface area contributed by atoms with Crippen molar-refractivity contribution in [3.63, 3.8) is 0 Å². The van der Waals surface area contributed by atoms with Crippen LogP contribution < -0.4 is 0 Å². The molecule has 0 heteroatoms. The average Bonchev–Trinajstić information content (AvgIpc) is 2.62. The zero-order chi connectivity index (χ0) is 6.32. The Bertz CT molecular complexity index is 163. The van der Waals surface area contributed by atoms with E-state index in [1.165, 1.54) is 32.1 Å². The molecule has 48 valence electrons. The van der Waals surface area contributed by atoms with E-state index in [9.17, 15) is 0 Å². The van der Waals surface area contributed by atoms with E-state index in [2.05, 4.69) is 5.92 Å². The molecule has 2 aliphatic carbocycles. The molecule has 0 spiro atoms. The Labute approximate surface area is 56.6 Å². The minimum atomic E-state index is 0.415. The van der Waals surface area contributed by atoms with Crippen LogP contribution in [0.1, 0.15) is 32.1 Å². The first-order valence-electron chi connectivity index (χ1n) is 3.85. The molecule has 0 nitrogen and oxygen atoms in total. The van der Waals surface area contributed by atoms with Gasteiger partial charge in [0.05, 0.1) is 0 Å². The fraction of sp³-hybridized carbons (Fsp3) is 0.778. The van der Waals surface area contributed by atoms with Crippen molar-refractivity contribution >= 4 is 0 Å². The quantitative estimate of drug-likeness (QED) is 0.430. The van der Waals surface area contributed by atoms with E-state index in [-0.39, 0.29) is 0 Å². The Morgan fingerprint density at radius 2 is 2.33 bits per heavy atom. The molecule has 9 heavy (non-hydrogen) atoms. The smallest absolute Gasteiger partial charge is 0.0343 e. The predicted molar refractivity (Wildman–Crippen MR) is 37.8 cm³/mol. The molecule has 0 aromatic carbocycles. The topological polar surface area (TPSA) is 0 Å². The summed E-state index contributed by atoms with van der Waals surface area (Å²) in [6.07, 6.45) is 12.3. The second-order valence-corrected chi connectivity index (χ2v) is 3.45. The van der Waals surface area contributed by atoms with Crippen LogP contribution in [-0.4, -0.2) is 0 Å². The number of hydrogen-bond acceptors (Lipinski definition) is 0. The third-order valence-electron chi connectivity index (χ3n) is 2.94. The molecule has 2 aliphatic rings. The molecule has 2 saturated carbocycles. The van der Waals surface area contributed by atoms with Gasteiger partial charge in [-0.2, -0.15) is 0 Å². The maximum atomic E-state index is 5.43. The minimum Gasteiger partial charge on any atom is -0.120 e. The molecule has 2 rings (SSSR count). The average molecular weight is 120 g/mol. The maximum absolute atomic E-state index is 5.43. The van der Waals surface area contributed by atoms with Crippen LogP contribution in [0.5, 0.6) is 0 Å². The molecule has 0 N–H and O–H groups in total. The van der Waals surface area contributed by atoms with Gasteiger partial charge in [-0.25, -0.2) is 0 Å². The van der Waals surface area contributed by atoms with Crippen LogP contribution in [0.3, 0.4) is 0 Å². The van der Waals surface area contributed by atoms with E-state index < -0.39 is 0 Å². The van der Waals surface area contributed by atoms with Gasteiger partial charge in [-0.15, -0.1) is 6.42 Å². The molecular weight excluding hydrogens is 108 g/mol. The number of hydrogen-bond donors (Lipinski definition) is 0. The van der Waals surface area contributed by atoms with Gasteiger partial charge < -0.3 is 0 Å². The normalized spacial score (nSPS) is 47.2. The van der Waals surface area contributed by atoms with Gasteiger partial charge in [0.1, 0.15) is 0 Å². The molecule has 0 amide bonds. The Morgan fingerprint density at radius 3 is 2.89 bits per heavy atom. The van der Waals surface area contributed by atoms with Crippen molar-refractivity contribution < 1.29 is 0 Å². The van der Waals surface area contributed by atoms with Crippen LogP contribution in [0.4, 0.5) is 0 Å². The molecule has 0 unspecified atom stereocenters. The van der Waals surface area contributed by atoms with Gasteiger partial charge in [-0.3, -0.25) is 0 Å². The van der Waals surface area contributed by atoms with Crippen molar-refractivity contribution in [2.75, 3.05) is 0 Å². The SMILES string of the molecule is C#C[C@]12CCCC[C@H]1C2. The molecule has 0 aromatic heterocycles. The van der Waals surface area contributed by atoms with Crippen LogP contribution in [0.2, 0.25) is 0 Å². The summed E-state index contributed by atoms with van der Waals surface area (Å²) in [5.74, 6) is 3.88. The van der Waals surface area contributed by atoms with Gasteiger partial charge in [0.2, 0.25) is 0 Å². The first-order chi connectivity index (χ1) is 4.37. The molecule has 0 aliphatic heterocycles. The van der Waals surface area contributed by atoms with Crippen molar-refractivity contribution in [1.82, 2.24) is 0 Å². The van der Waals surface area contributed by atoms with Gasteiger partial charge in [-0.05, 0) is 25.2 Å². The summed E-state index contributed by atoms with van der Waals surface area (Å²) in [7, 11) is 0. The molecule has 0 radical (unpaired) electrons. The van der Waals surface area contributed by atoms with Crippen molar-refractivity contribution in [1.29, 1.82) is 0 Å². The summed E-state index contributed by atoms with van der Waals surface area (Å²) >= 11 is 0. The summed E-state index contributed by atoms with van der Waals surface area (Å²) in [4.78, 5) is 0. The first kappa shape index (κ1) is 5.35. The molecule has 2 fully saturated rings. The molecule has 0 aromatic rings. The zero-order valence-electron chi connectivity index (χ0n) is 5.69. The van der Waals surface area contributed by atoms with E-state index >= 15 is 0 Å². The maximum Gasteiger partial charge on any atom is 0.0343 e. The summed E-state index contributed by atoms with van der Waals surface area (Å²) in [6, 6.07) is 0. The first-order valence-corrected chi connectivity index (χ1v) is 3.85. The van der Waals surface area contributed by atoms with Gasteiger partial charge in [0.25, 0.3) is 0 Å². The van der Waals surface area contributed by atoms with E-state index in [0.717, 1.165) is 5.92 Å². The lowest BCUT2D eigenvalue weighted by Crippen LogP contribution is -2.05. The van der Waals surface area contributed by atoms with Crippen molar-refractivity contribution in [3.05, 3.63) is 0 Å². The van der Waals surface area contributed by atoms with E-state index in [4.69, 9.17) is 6.42 Å². The minimum absolute atomic E-state index is 0.415. The third-order valence-corrected chi connectivity index (χ3v) is 2.94. The predicted octanol–water partition coefficient (Wildman–Crippen LogP) is 2.20. The zero-order valence-corrected chi connectivity index (χ0v) is 5.69. The number of fused-ring (bicyclic) bond motifs is 1. The number of rotatable bonds is 0. The Hall–Kier alpha value is -0.440. The lowest BCUT2D eigenvalue weighted by Gasteiger charge is -2.14. The highest BCUT2D eigenvalue weighted by Gasteiger charge is 2.53. The summed E-state index contributed by atoms with van der Waals surface area (Å²) in [5.41, 5.74) is 0.415. The van der Waals surface area contributed by atoms with Crippen LogP contribution in [-0.2, 0) is 0 Å². The largest absolute Gasteiger partial charge is 0.120 e. The molecule has 0 heterocycles.